The third-order valence-corrected chi connectivity index (χ3v) is 4.60. The lowest BCUT2D eigenvalue weighted by molar-refractivity contribution is -0.154. The van der Waals surface area contributed by atoms with Gasteiger partial charge in [0, 0.05) is 11.8 Å². The fraction of sp³-hybridized carbons (Fsp3) is 0.174. The number of benzene rings is 1. The van der Waals surface area contributed by atoms with Crippen molar-refractivity contribution in [2.45, 2.75) is 13.5 Å². The van der Waals surface area contributed by atoms with Crippen LogP contribution in [0.2, 0.25) is 0 Å². The Morgan fingerprint density at radius 2 is 1.91 bits per heavy atom. The molecule has 0 atom stereocenters. The monoisotopic (exact) mass is 456 g/mol. The van der Waals surface area contributed by atoms with Gasteiger partial charge in [-0.05, 0) is 43.3 Å². The van der Waals surface area contributed by atoms with Crippen molar-refractivity contribution in [1.82, 2.24) is 9.88 Å². The van der Waals surface area contributed by atoms with E-state index in [1.165, 1.54) is 42.0 Å². The van der Waals surface area contributed by atoms with Crippen molar-refractivity contribution < 1.29 is 37.8 Å². The molecule has 3 rings (SSSR count). The summed E-state index contributed by atoms with van der Waals surface area (Å²) in [4.78, 5) is 35.2. The second-order valence-corrected chi connectivity index (χ2v) is 6.71. The summed E-state index contributed by atoms with van der Waals surface area (Å²) in [6.45, 7) is 5.44. The number of ether oxygens (including phenoxy) is 2. The molecule has 0 saturated carbocycles. The number of carbonyl (C=O) groups is 3. The molecule has 2 heterocycles. The van der Waals surface area contributed by atoms with E-state index in [9.17, 15) is 23.9 Å². The number of hydrogen-bond donors (Lipinski definition) is 2. The molecule has 0 aliphatic rings. The van der Waals surface area contributed by atoms with Crippen LogP contribution in [-0.4, -0.2) is 41.2 Å². The zero-order chi connectivity index (χ0) is 24.1. The molecule has 2 N–H and O–H groups in total. The summed E-state index contributed by atoms with van der Waals surface area (Å²) in [7, 11) is 1.17. The van der Waals surface area contributed by atoms with Crippen molar-refractivity contribution in [1.29, 1.82) is 0 Å². The first-order chi connectivity index (χ1) is 15.8. The fourth-order valence-electron chi connectivity index (χ4n) is 3.10. The molecule has 2 aromatic heterocycles. The van der Waals surface area contributed by atoms with E-state index >= 15 is 0 Å². The standard InChI is InChI=1S/C23H21FN2O7/c1-4-32-23(30)21(28)25-12-17-10-9-16(33-17)11-18-20(27)19(22(29)31-3)13(2)26(18)15-7-5-14(24)6-8-15/h5-11,27H,2,4,12H2,1,3H3,(H,25,28). The van der Waals surface area contributed by atoms with Crippen LogP contribution in [0.3, 0.4) is 0 Å². The van der Waals surface area contributed by atoms with Gasteiger partial charge in [0.2, 0.25) is 0 Å². The molecule has 0 fully saturated rings. The molecule has 0 bridgehead atoms. The number of methoxy groups -OCH3 is 1. The molecule has 0 unspecified atom stereocenters. The first-order valence-corrected chi connectivity index (χ1v) is 9.79. The number of furan rings is 1. The van der Waals surface area contributed by atoms with E-state index in [4.69, 9.17) is 9.15 Å². The van der Waals surface area contributed by atoms with Gasteiger partial charge in [-0.2, -0.15) is 0 Å². The van der Waals surface area contributed by atoms with Gasteiger partial charge in [0.1, 0.15) is 22.9 Å². The number of nitrogens with one attached hydrogen (secondary N) is 1. The number of esters is 2. The number of carbonyl (C=O) groups excluding carboxylic acids is 3. The summed E-state index contributed by atoms with van der Waals surface area (Å²) in [5, 5.41) is 13.4. The Morgan fingerprint density at radius 3 is 2.55 bits per heavy atom. The average Bonchev–Trinajstić information content (AvgIpc) is 3.34. The summed E-state index contributed by atoms with van der Waals surface area (Å²) in [5.74, 6) is -2.98. The lowest BCUT2D eigenvalue weighted by Gasteiger charge is -2.05. The summed E-state index contributed by atoms with van der Waals surface area (Å²) in [6, 6.07) is 8.50. The van der Waals surface area contributed by atoms with Gasteiger partial charge >= 0.3 is 17.8 Å². The Labute approximate surface area is 187 Å². The smallest absolute Gasteiger partial charge is 0.396 e. The molecule has 0 saturated heterocycles. The molecule has 0 aliphatic heterocycles. The van der Waals surface area contributed by atoms with Gasteiger partial charge in [-0.3, -0.25) is 4.79 Å². The molecule has 0 radical (unpaired) electrons. The first kappa shape index (κ1) is 23.3. The molecule has 9 nitrogen and oxygen atoms in total. The minimum atomic E-state index is -1.00. The van der Waals surface area contributed by atoms with Gasteiger partial charge in [0.05, 0.1) is 31.0 Å². The summed E-state index contributed by atoms with van der Waals surface area (Å²) in [5.41, 5.74) is 0.285. The molecule has 0 spiro atoms. The van der Waals surface area contributed by atoms with E-state index in [1.54, 1.807) is 19.1 Å². The summed E-state index contributed by atoms with van der Waals surface area (Å²) < 4.78 is 29.8. The zero-order valence-electron chi connectivity index (χ0n) is 17.9. The zero-order valence-corrected chi connectivity index (χ0v) is 17.9. The number of aromatic nitrogens is 1. The minimum Gasteiger partial charge on any atom is -0.505 e. The molecular weight excluding hydrogens is 435 g/mol. The Balaban J connectivity index is 2.00. The maximum atomic E-state index is 13.4. The molecule has 1 amide bonds. The Bertz CT molecular complexity index is 1310. The van der Waals surface area contributed by atoms with Crippen LogP contribution in [-0.2, 0) is 25.6 Å². The highest BCUT2D eigenvalue weighted by molar-refractivity contribution is 6.32. The van der Waals surface area contributed by atoms with Crippen LogP contribution in [0.5, 0.6) is 5.75 Å². The largest absolute Gasteiger partial charge is 0.505 e. The van der Waals surface area contributed by atoms with Crippen molar-refractivity contribution in [3.8, 4) is 11.4 Å². The Kier molecular flexibility index (Phi) is 6.97. The number of rotatable bonds is 6. The van der Waals surface area contributed by atoms with E-state index < -0.39 is 29.4 Å². The van der Waals surface area contributed by atoms with Crippen LogP contribution < -0.4 is 16.0 Å². The number of nitrogens with zero attached hydrogens (tertiary/aromatic N) is 1. The van der Waals surface area contributed by atoms with Crippen LogP contribution >= 0.6 is 0 Å². The lowest BCUT2D eigenvalue weighted by atomic mass is 10.2. The van der Waals surface area contributed by atoms with Crippen molar-refractivity contribution in [3.05, 3.63) is 70.0 Å². The van der Waals surface area contributed by atoms with Gasteiger partial charge in [-0.1, -0.05) is 6.58 Å². The predicted molar refractivity (Wildman–Crippen MR) is 114 cm³/mol. The normalized spacial score (nSPS) is 11.3. The van der Waals surface area contributed by atoms with Crippen molar-refractivity contribution in [2.24, 2.45) is 0 Å². The molecular formula is C23H21FN2O7. The molecule has 3 aromatic rings. The van der Waals surface area contributed by atoms with Gasteiger partial charge in [0.15, 0.2) is 5.75 Å². The van der Waals surface area contributed by atoms with Crippen molar-refractivity contribution in [3.63, 3.8) is 0 Å². The van der Waals surface area contributed by atoms with E-state index in [-0.39, 0.29) is 35.2 Å². The predicted octanol–water partition coefficient (Wildman–Crippen LogP) is 1.12. The quantitative estimate of drug-likeness (QED) is 0.421. The van der Waals surface area contributed by atoms with Crippen LogP contribution in [0, 0.1) is 5.82 Å². The van der Waals surface area contributed by atoms with Gasteiger partial charge < -0.3 is 28.9 Å². The SMILES string of the molecule is C=c1c(C(=O)OC)c(O)c(=Cc2ccc(CNC(=O)C(=O)OCC)o2)n1-c1ccc(F)cc1. The second kappa shape index (κ2) is 9.86. The van der Waals surface area contributed by atoms with Gasteiger partial charge in [-0.25, -0.2) is 14.0 Å². The number of amides is 1. The molecule has 0 aliphatic carbocycles. The number of aromatic hydroxyl groups is 1. The maximum Gasteiger partial charge on any atom is 0.396 e. The Morgan fingerprint density at radius 1 is 1.21 bits per heavy atom. The van der Waals surface area contributed by atoms with E-state index in [0.717, 1.165) is 0 Å². The number of halogens is 1. The van der Waals surface area contributed by atoms with Crippen molar-refractivity contribution >= 4 is 30.5 Å². The third kappa shape index (κ3) is 4.95. The Hall–Kier alpha value is -4.34. The molecule has 33 heavy (non-hydrogen) atoms. The van der Waals surface area contributed by atoms with Gasteiger partial charge in [-0.15, -0.1) is 0 Å². The highest BCUT2D eigenvalue weighted by Gasteiger charge is 2.21. The van der Waals surface area contributed by atoms with Crippen LogP contribution in [0.1, 0.15) is 28.8 Å². The average molecular weight is 456 g/mol. The minimum absolute atomic E-state index is 0.0745. The second-order valence-electron chi connectivity index (χ2n) is 6.71. The molecule has 10 heteroatoms. The van der Waals surface area contributed by atoms with E-state index in [0.29, 0.717) is 11.4 Å². The number of hydrogen-bond acceptors (Lipinski definition) is 7. The topological polar surface area (TPSA) is 120 Å². The molecule has 1 aromatic carbocycles. The van der Waals surface area contributed by atoms with Gasteiger partial charge in [0.25, 0.3) is 0 Å². The highest BCUT2D eigenvalue weighted by Crippen LogP contribution is 2.15. The van der Waals surface area contributed by atoms with Crippen molar-refractivity contribution in [2.75, 3.05) is 13.7 Å². The fourth-order valence-corrected chi connectivity index (χ4v) is 3.10. The summed E-state index contributed by atoms with van der Waals surface area (Å²) in [6.07, 6.45) is 1.44. The summed E-state index contributed by atoms with van der Waals surface area (Å²) >= 11 is 0. The van der Waals surface area contributed by atoms with Crippen LogP contribution in [0.25, 0.3) is 18.3 Å². The van der Waals surface area contributed by atoms with Crippen LogP contribution in [0.15, 0.2) is 40.8 Å². The highest BCUT2D eigenvalue weighted by atomic mass is 19.1. The maximum absolute atomic E-state index is 13.4. The molecule has 172 valence electrons. The first-order valence-electron chi connectivity index (χ1n) is 9.79. The van der Waals surface area contributed by atoms with E-state index in [1.807, 2.05) is 0 Å². The van der Waals surface area contributed by atoms with Crippen LogP contribution in [0.4, 0.5) is 4.39 Å². The third-order valence-electron chi connectivity index (χ3n) is 4.60. The van der Waals surface area contributed by atoms with E-state index in [2.05, 4.69) is 16.6 Å². The lowest BCUT2D eigenvalue weighted by Crippen LogP contribution is -2.31.